The molecule has 24 heavy (non-hydrogen) atoms. The van der Waals surface area contributed by atoms with Gasteiger partial charge < -0.3 is 4.90 Å². The van der Waals surface area contributed by atoms with Crippen molar-refractivity contribution >= 4 is 5.91 Å². The number of alkyl halides is 3. The predicted octanol–water partition coefficient (Wildman–Crippen LogP) is 2.41. The van der Waals surface area contributed by atoms with E-state index in [1.807, 2.05) is 0 Å². The van der Waals surface area contributed by atoms with E-state index in [4.69, 9.17) is 0 Å². The van der Waals surface area contributed by atoms with Crippen molar-refractivity contribution in [1.29, 1.82) is 0 Å². The van der Waals surface area contributed by atoms with E-state index in [0.29, 0.717) is 18.8 Å². The average Bonchev–Trinajstić information content (AvgIpc) is 2.44. The van der Waals surface area contributed by atoms with Crippen LogP contribution in [-0.2, 0) is 6.18 Å². The Morgan fingerprint density at radius 1 is 1.21 bits per heavy atom. The summed E-state index contributed by atoms with van der Waals surface area (Å²) in [6, 6.07) is 5.79. The Balaban J connectivity index is 2.08. The Morgan fingerprint density at radius 3 is 2.50 bits per heavy atom. The topological polar surface area (TPSA) is 55.2 Å². The van der Waals surface area contributed by atoms with Crippen LogP contribution in [0, 0.1) is 6.92 Å². The minimum atomic E-state index is -4.49. The maximum Gasteiger partial charge on any atom is 0.416 e. The molecule has 0 N–H and O–H groups in total. The summed E-state index contributed by atoms with van der Waals surface area (Å²) in [7, 11) is 0. The van der Waals surface area contributed by atoms with Crippen molar-refractivity contribution in [3.8, 4) is 5.69 Å². The first-order valence-electron chi connectivity index (χ1n) is 7.35. The molecule has 0 unspecified atom stereocenters. The minimum Gasteiger partial charge on any atom is -0.337 e. The van der Waals surface area contributed by atoms with E-state index in [1.54, 1.807) is 6.92 Å². The Bertz CT molecular complexity index is 854. The number of nitrogens with zero attached hydrogens (tertiary/aromatic N) is 3. The number of aryl methyl sites for hydroxylation is 1. The first-order valence-corrected chi connectivity index (χ1v) is 7.35. The maximum absolute atomic E-state index is 12.9. The number of rotatable bonds is 2. The van der Waals surface area contributed by atoms with Crippen LogP contribution in [0.1, 0.15) is 28.2 Å². The molecule has 2 aromatic rings. The SMILES string of the molecule is Cc1cc(=O)c(C(=O)N2CCC2)nn1-c1cccc(C(F)(F)F)c1. The number of aromatic nitrogens is 2. The van der Waals surface area contributed by atoms with Crippen LogP contribution in [-0.4, -0.2) is 33.7 Å². The highest BCUT2D eigenvalue weighted by molar-refractivity contribution is 5.92. The molecular weight excluding hydrogens is 323 g/mol. The van der Waals surface area contributed by atoms with E-state index < -0.39 is 23.1 Å². The summed E-state index contributed by atoms with van der Waals surface area (Å²) in [5.74, 6) is -0.494. The van der Waals surface area contributed by atoms with E-state index in [2.05, 4.69) is 5.10 Å². The third-order valence-electron chi connectivity index (χ3n) is 3.87. The van der Waals surface area contributed by atoms with Crippen molar-refractivity contribution in [2.24, 2.45) is 0 Å². The van der Waals surface area contributed by atoms with E-state index >= 15 is 0 Å². The molecule has 0 bridgehead atoms. The summed E-state index contributed by atoms with van der Waals surface area (Å²) in [5, 5.41) is 4.01. The van der Waals surface area contributed by atoms with Crippen molar-refractivity contribution < 1.29 is 18.0 Å². The predicted molar refractivity (Wildman–Crippen MR) is 80.1 cm³/mol. The highest BCUT2D eigenvalue weighted by Gasteiger charge is 2.31. The third-order valence-corrected chi connectivity index (χ3v) is 3.87. The lowest BCUT2D eigenvalue weighted by molar-refractivity contribution is -0.137. The number of benzene rings is 1. The van der Waals surface area contributed by atoms with Crippen molar-refractivity contribution in [2.75, 3.05) is 13.1 Å². The van der Waals surface area contributed by atoms with Crippen LogP contribution in [0.5, 0.6) is 0 Å². The molecule has 0 spiro atoms. The second-order valence-corrected chi connectivity index (χ2v) is 5.60. The quantitative estimate of drug-likeness (QED) is 0.846. The van der Waals surface area contributed by atoms with E-state index in [0.717, 1.165) is 18.6 Å². The molecule has 1 aliphatic rings. The lowest BCUT2D eigenvalue weighted by Crippen LogP contribution is -2.44. The van der Waals surface area contributed by atoms with Gasteiger partial charge >= 0.3 is 6.18 Å². The Labute approximate surface area is 135 Å². The zero-order valence-corrected chi connectivity index (χ0v) is 12.8. The number of hydrogen-bond donors (Lipinski definition) is 0. The first kappa shape index (κ1) is 16.2. The van der Waals surface area contributed by atoms with Crippen molar-refractivity contribution in [2.45, 2.75) is 19.5 Å². The van der Waals surface area contributed by atoms with Gasteiger partial charge in [-0.1, -0.05) is 6.07 Å². The van der Waals surface area contributed by atoms with Crippen LogP contribution in [0.3, 0.4) is 0 Å². The second kappa shape index (κ2) is 5.77. The molecule has 0 saturated carbocycles. The van der Waals surface area contributed by atoms with Crippen LogP contribution >= 0.6 is 0 Å². The summed E-state index contributed by atoms with van der Waals surface area (Å²) in [6.07, 6.45) is -3.63. The van der Waals surface area contributed by atoms with Gasteiger partial charge in [0.1, 0.15) is 0 Å². The zero-order chi connectivity index (χ0) is 17.5. The summed E-state index contributed by atoms with van der Waals surface area (Å²) in [4.78, 5) is 25.8. The van der Waals surface area contributed by atoms with E-state index in [1.165, 1.54) is 27.8 Å². The molecular formula is C16H14F3N3O2. The molecule has 1 fully saturated rings. The van der Waals surface area contributed by atoms with Gasteiger partial charge in [0.05, 0.1) is 11.3 Å². The molecule has 1 saturated heterocycles. The average molecular weight is 337 g/mol. The number of halogens is 3. The normalized spacial score (nSPS) is 14.4. The number of likely N-dealkylation sites (tertiary alicyclic amines) is 1. The van der Waals surface area contributed by atoms with Crippen molar-refractivity contribution in [3.63, 3.8) is 0 Å². The van der Waals surface area contributed by atoms with Gasteiger partial charge in [0.15, 0.2) is 5.69 Å². The Morgan fingerprint density at radius 2 is 1.92 bits per heavy atom. The number of carbonyl (C=O) groups is 1. The van der Waals surface area contributed by atoms with E-state index in [-0.39, 0.29) is 11.4 Å². The fourth-order valence-electron chi connectivity index (χ4n) is 2.44. The lowest BCUT2D eigenvalue weighted by atomic mass is 10.2. The summed E-state index contributed by atoms with van der Waals surface area (Å²) >= 11 is 0. The summed E-state index contributed by atoms with van der Waals surface area (Å²) in [6.45, 7) is 2.65. The Kier molecular flexibility index (Phi) is 3.90. The summed E-state index contributed by atoms with van der Waals surface area (Å²) < 4.78 is 39.8. The van der Waals surface area contributed by atoms with Gasteiger partial charge in [0.25, 0.3) is 5.91 Å². The van der Waals surface area contributed by atoms with Crippen LogP contribution in [0.4, 0.5) is 13.2 Å². The monoisotopic (exact) mass is 337 g/mol. The van der Waals surface area contributed by atoms with Crippen LogP contribution in [0.25, 0.3) is 5.69 Å². The van der Waals surface area contributed by atoms with Crippen LogP contribution in [0.15, 0.2) is 35.1 Å². The van der Waals surface area contributed by atoms with Crippen LogP contribution in [0.2, 0.25) is 0 Å². The van der Waals surface area contributed by atoms with E-state index in [9.17, 15) is 22.8 Å². The van der Waals surface area contributed by atoms with Crippen molar-refractivity contribution in [1.82, 2.24) is 14.7 Å². The molecule has 0 atom stereocenters. The minimum absolute atomic E-state index is 0.139. The molecule has 8 heteroatoms. The fourth-order valence-corrected chi connectivity index (χ4v) is 2.44. The fraction of sp³-hybridized carbons (Fsp3) is 0.312. The number of hydrogen-bond acceptors (Lipinski definition) is 3. The highest BCUT2D eigenvalue weighted by atomic mass is 19.4. The first-order chi connectivity index (χ1) is 11.3. The molecule has 1 aromatic heterocycles. The largest absolute Gasteiger partial charge is 0.416 e. The molecule has 0 radical (unpaired) electrons. The van der Waals surface area contributed by atoms with Gasteiger partial charge in [0.2, 0.25) is 5.43 Å². The standard InChI is InChI=1S/C16H14F3N3O2/c1-10-8-13(23)14(15(24)21-6-3-7-21)20-22(10)12-5-2-4-11(9-12)16(17,18)19/h2,4-5,8-9H,3,6-7H2,1H3. The number of amides is 1. The molecule has 0 aliphatic carbocycles. The molecule has 1 amide bonds. The third kappa shape index (κ3) is 2.91. The van der Waals surface area contributed by atoms with Crippen molar-refractivity contribution in [3.05, 3.63) is 57.5 Å². The number of carbonyl (C=O) groups excluding carboxylic acids is 1. The molecule has 126 valence electrons. The second-order valence-electron chi connectivity index (χ2n) is 5.60. The molecule has 1 aliphatic heterocycles. The smallest absolute Gasteiger partial charge is 0.337 e. The highest BCUT2D eigenvalue weighted by Crippen LogP contribution is 2.30. The maximum atomic E-state index is 12.9. The molecule has 5 nitrogen and oxygen atoms in total. The van der Waals surface area contributed by atoms with Gasteiger partial charge in [-0.2, -0.15) is 18.3 Å². The zero-order valence-electron chi connectivity index (χ0n) is 12.8. The van der Waals surface area contributed by atoms with Gasteiger partial charge in [0, 0.05) is 24.8 Å². The van der Waals surface area contributed by atoms with Gasteiger partial charge in [-0.15, -0.1) is 0 Å². The Hall–Kier alpha value is -2.64. The molecule has 1 aromatic carbocycles. The van der Waals surface area contributed by atoms with Crippen LogP contribution < -0.4 is 5.43 Å². The summed E-state index contributed by atoms with van der Waals surface area (Å²) in [5.41, 5.74) is -1.15. The van der Waals surface area contributed by atoms with Gasteiger partial charge in [-0.3, -0.25) is 9.59 Å². The molecule has 3 rings (SSSR count). The molecule has 2 heterocycles. The lowest BCUT2D eigenvalue weighted by Gasteiger charge is -2.30. The van der Waals surface area contributed by atoms with Gasteiger partial charge in [-0.05, 0) is 31.5 Å². The van der Waals surface area contributed by atoms with Gasteiger partial charge in [-0.25, -0.2) is 4.68 Å².